The van der Waals surface area contributed by atoms with Gasteiger partial charge in [-0.1, -0.05) is 11.6 Å². The third kappa shape index (κ3) is 2.83. The van der Waals surface area contributed by atoms with E-state index in [0.29, 0.717) is 16.7 Å². The summed E-state index contributed by atoms with van der Waals surface area (Å²) in [5.41, 5.74) is 1.85. The fraction of sp³-hybridized carbons (Fsp3) is 0.267. The zero-order valence-electron chi connectivity index (χ0n) is 13.4. The number of hydrogen-bond donors (Lipinski definition) is 1. The van der Waals surface area contributed by atoms with Crippen molar-refractivity contribution in [3.8, 4) is 0 Å². The summed E-state index contributed by atoms with van der Waals surface area (Å²) in [6.45, 7) is 5.58. The van der Waals surface area contributed by atoms with Crippen molar-refractivity contribution in [3.63, 3.8) is 0 Å². The largest absolute Gasteiger partial charge is 0.278 e. The fourth-order valence-corrected chi connectivity index (χ4v) is 4.02. The average Bonchev–Trinajstić information content (AvgIpc) is 2.93. The molecule has 0 aliphatic carbocycles. The lowest BCUT2D eigenvalue weighted by Crippen LogP contribution is -2.15. The molecule has 0 bridgehead atoms. The predicted octanol–water partition coefficient (Wildman–Crippen LogP) is 3.17. The zero-order valence-corrected chi connectivity index (χ0v) is 14.9. The van der Waals surface area contributed by atoms with E-state index in [1.165, 1.54) is 12.4 Å². The van der Waals surface area contributed by atoms with E-state index in [1.807, 2.05) is 13.8 Å². The van der Waals surface area contributed by atoms with Crippen molar-refractivity contribution in [1.82, 2.24) is 19.7 Å². The molecule has 7 nitrogen and oxygen atoms in total. The Morgan fingerprint density at radius 1 is 1.21 bits per heavy atom. The number of rotatable bonds is 4. The van der Waals surface area contributed by atoms with E-state index in [0.717, 1.165) is 0 Å². The lowest BCUT2D eigenvalue weighted by Gasteiger charge is -2.12. The minimum atomic E-state index is -3.81. The molecule has 3 rings (SSSR count). The normalized spacial score (nSPS) is 12.0. The topological polar surface area (TPSA) is 89.8 Å². The minimum absolute atomic E-state index is 0.0634. The molecule has 0 radical (unpaired) electrons. The van der Waals surface area contributed by atoms with E-state index >= 15 is 0 Å². The van der Waals surface area contributed by atoms with Gasteiger partial charge < -0.3 is 0 Å². The number of benzene rings is 1. The standard InChI is InChI=1S/C15H16ClN5O2S/c1-9(2)21-10(3)13(8-19-21)24(22,23)20-11-4-5-12-15(14(11)16)18-7-6-17-12/h4-9,20H,1-3H3. The molecular formula is C15H16ClN5O2S. The Morgan fingerprint density at radius 3 is 2.58 bits per heavy atom. The molecule has 0 aliphatic heterocycles. The smallest absolute Gasteiger partial charge is 0.265 e. The van der Waals surface area contributed by atoms with Gasteiger partial charge in [-0.05, 0) is 32.9 Å². The maximum atomic E-state index is 12.7. The van der Waals surface area contributed by atoms with Gasteiger partial charge in [-0.3, -0.25) is 19.4 Å². The molecule has 24 heavy (non-hydrogen) atoms. The summed E-state index contributed by atoms with van der Waals surface area (Å²) < 4.78 is 29.5. The van der Waals surface area contributed by atoms with Crippen molar-refractivity contribution in [2.75, 3.05) is 4.72 Å². The highest BCUT2D eigenvalue weighted by molar-refractivity contribution is 7.92. The van der Waals surface area contributed by atoms with Crippen molar-refractivity contribution in [2.24, 2.45) is 0 Å². The van der Waals surface area contributed by atoms with Crippen LogP contribution >= 0.6 is 11.6 Å². The number of aromatic nitrogens is 4. The van der Waals surface area contributed by atoms with E-state index in [9.17, 15) is 8.42 Å². The molecule has 126 valence electrons. The Bertz CT molecular complexity index is 1010. The first kappa shape index (κ1) is 16.7. The van der Waals surface area contributed by atoms with Gasteiger partial charge in [-0.25, -0.2) is 8.42 Å². The first-order valence-corrected chi connectivity index (χ1v) is 9.13. The summed E-state index contributed by atoms with van der Waals surface area (Å²) in [6.07, 6.45) is 4.39. The van der Waals surface area contributed by atoms with E-state index in [2.05, 4.69) is 19.8 Å². The molecule has 0 fully saturated rings. The summed E-state index contributed by atoms with van der Waals surface area (Å²) in [7, 11) is -3.81. The highest BCUT2D eigenvalue weighted by atomic mass is 35.5. The van der Waals surface area contributed by atoms with Crippen LogP contribution in [0.4, 0.5) is 5.69 Å². The molecule has 0 amide bonds. The van der Waals surface area contributed by atoms with Gasteiger partial charge in [0.05, 0.1) is 28.1 Å². The monoisotopic (exact) mass is 365 g/mol. The minimum Gasteiger partial charge on any atom is -0.278 e. The van der Waals surface area contributed by atoms with Crippen LogP contribution < -0.4 is 4.72 Å². The Morgan fingerprint density at radius 2 is 1.92 bits per heavy atom. The Kier molecular flexibility index (Phi) is 4.18. The number of halogens is 1. The van der Waals surface area contributed by atoms with Crippen LogP contribution in [0.3, 0.4) is 0 Å². The summed E-state index contributed by atoms with van der Waals surface area (Å²) in [5.74, 6) is 0. The molecule has 2 aromatic heterocycles. The second kappa shape index (κ2) is 6.03. The second-order valence-corrected chi connectivity index (χ2v) is 7.62. The van der Waals surface area contributed by atoms with Crippen molar-refractivity contribution in [1.29, 1.82) is 0 Å². The van der Waals surface area contributed by atoms with Gasteiger partial charge >= 0.3 is 0 Å². The van der Waals surface area contributed by atoms with Gasteiger partial charge in [0.15, 0.2) is 0 Å². The maximum absolute atomic E-state index is 12.7. The maximum Gasteiger partial charge on any atom is 0.265 e. The van der Waals surface area contributed by atoms with Gasteiger partial charge in [0.1, 0.15) is 10.4 Å². The number of anilines is 1. The van der Waals surface area contributed by atoms with Crippen LogP contribution in [0.2, 0.25) is 5.02 Å². The fourth-order valence-electron chi connectivity index (χ4n) is 2.47. The van der Waals surface area contributed by atoms with Gasteiger partial charge in [0.25, 0.3) is 10.0 Å². The lowest BCUT2D eigenvalue weighted by atomic mass is 10.2. The lowest BCUT2D eigenvalue weighted by molar-refractivity contribution is 0.517. The quantitative estimate of drug-likeness (QED) is 0.766. The van der Waals surface area contributed by atoms with Gasteiger partial charge in [-0.2, -0.15) is 5.10 Å². The van der Waals surface area contributed by atoms with Crippen molar-refractivity contribution in [3.05, 3.63) is 41.4 Å². The van der Waals surface area contributed by atoms with Crippen LogP contribution in [0.1, 0.15) is 25.6 Å². The zero-order chi connectivity index (χ0) is 17.5. The molecule has 9 heteroatoms. The van der Waals surface area contributed by atoms with Gasteiger partial charge in [-0.15, -0.1) is 0 Å². The second-order valence-electron chi connectivity index (χ2n) is 5.59. The van der Waals surface area contributed by atoms with Gasteiger partial charge in [0, 0.05) is 18.4 Å². The van der Waals surface area contributed by atoms with E-state index in [4.69, 9.17) is 11.6 Å². The highest BCUT2D eigenvalue weighted by Gasteiger charge is 2.23. The number of nitrogens with one attached hydrogen (secondary N) is 1. The number of fused-ring (bicyclic) bond motifs is 1. The molecule has 0 saturated carbocycles. The van der Waals surface area contributed by atoms with Crippen LogP contribution in [0.25, 0.3) is 11.0 Å². The molecule has 0 saturated heterocycles. The highest BCUT2D eigenvalue weighted by Crippen LogP contribution is 2.30. The number of hydrogen-bond acceptors (Lipinski definition) is 5. The third-order valence-electron chi connectivity index (χ3n) is 3.60. The Labute approximate surface area is 144 Å². The first-order chi connectivity index (χ1) is 11.3. The summed E-state index contributed by atoms with van der Waals surface area (Å²) in [6, 6.07) is 3.30. The van der Waals surface area contributed by atoms with E-state index < -0.39 is 10.0 Å². The van der Waals surface area contributed by atoms with Gasteiger partial charge in [0.2, 0.25) is 0 Å². The van der Waals surface area contributed by atoms with Crippen LogP contribution in [-0.2, 0) is 10.0 Å². The molecule has 1 aromatic carbocycles. The number of nitrogens with zero attached hydrogens (tertiary/aromatic N) is 4. The summed E-state index contributed by atoms with van der Waals surface area (Å²) in [5, 5.41) is 4.34. The molecule has 1 N–H and O–H groups in total. The van der Waals surface area contributed by atoms with Crippen LogP contribution in [0, 0.1) is 6.92 Å². The van der Waals surface area contributed by atoms with Crippen molar-refractivity contribution < 1.29 is 8.42 Å². The molecule has 0 aliphatic rings. The Hall–Kier alpha value is -2.19. The average molecular weight is 366 g/mol. The van der Waals surface area contributed by atoms with Crippen molar-refractivity contribution >= 4 is 38.3 Å². The predicted molar refractivity (Wildman–Crippen MR) is 92.7 cm³/mol. The molecular weight excluding hydrogens is 350 g/mol. The first-order valence-electron chi connectivity index (χ1n) is 7.27. The summed E-state index contributed by atoms with van der Waals surface area (Å²) >= 11 is 6.28. The van der Waals surface area contributed by atoms with E-state index in [-0.39, 0.29) is 21.6 Å². The molecule has 0 spiro atoms. The van der Waals surface area contributed by atoms with Crippen molar-refractivity contribution in [2.45, 2.75) is 31.7 Å². The Balaban J connectivity index is 2.03. The molecule has 3 aromatic rings. The van der Waals surface area contributed by atoms with Crippen LogP contribution in [0.15, 0.2) is 35.6 Å². The molecule has 0 unspecified atom stereocenters. The summed E-state index contributed by atoms with van der Waals surface area (Å²) in [4.78, 5) is 8.40. The molecule has 0 atom stereocenters. The van der Waals surface area contributed by atoms with Crippen LogP contribution in [-0.4, -0.2) is 28.2 Å². The molecule has 2 heterocycles. The third-order valence-corrected chi connectivity index (χ3v) is 5.45. The van der Waals surface area contributed by atoms with E-state index in [1.54, 1.807) is 29.9 Å². The SMILES string of the molecule is Cc1c(S(=O)(=O)Nc2ccc3nccnc3c2Cl)cnn1C(C)C. The number of sulfonamides is 1. The van der Waals surface area contributed by atoms with Crippen LogP contribution in [0.5, 0.6) is 0 Å².